The van der Waals surface area contributed by atoms with Gasteiger partial charge in [0, 0.05) is 5.92 Å². The second-order valence-corrected chi connectivity index (χ2v) is 7.18. The van der Waals surface area contributed by atoms with E-state index < -0.39 is 33.9 Å². The van der Waals surface area contributed by atoms with Crippen LogP contribution in [0, 0.1) is 17.8 Å². The standard InChI is InChI=1S/C11H14F2O6S/c12-11(13,20(15,16)17)4-18-10(14)7-3-5-1-2-6(7)9-8(5)19-9/h5-9H,1-4H2,(H,15,16,17). The van der Waals surface area contributed by atoms with Gasteiger partial charge >= 0.3 is 21.3 Å². The second-order valence-electron chi connectivity index (χ2n) is 5.63. The van der Waals surface area contributed by atoms with Crippen LogP contribution in [0.3, 0.4) is 0 Å². The van der Waals surface area contributed by atoms with E-state index in [-0.39, 0.29) is 24.0 Å². The Bertz CT molecular complexity index is 533. The first-order valence-electron chi connectivity index (χ1n) is 6.37. The number of esters is 1. The summed E-state index contributed by atoms with van der Waals surface area (Å²) in [5.74, 6) is -1.13. The SMILES string of the molecule is O=C(OCC(F)(F)S(=O)(=O)O)C1CC2CCC1C1OC21. The maximum atomic E-state index is 13.0. The van der Waals surface area contributed by atoms with Gasteiger partial charge in [-0.25, -0.2) is 0 Å². The molecule has 4 rings (SSSR count). The van der Waals surface area contributed by atoms with Crippen LogP contribution in [-0.2, 0) is 24.4 Å². The average Bonchev–Trinajstić information content (AvgIpc) is 3.16. The van der Waals surface area contributed by atoms with Gasteiger partial charge in [0.05, 0.1) is 18.1 Å². The molecule has 5 unspecified atom stereocenters. The lowest BCUT2D eigenvalue weighted by Crippen LogP contribution is -2.43. The van der Waals surface area contributed by atoms with Crippen LogP contribution in [-0.4, -0.2) is 43.0 Å². The van der Waals surface area contributed by atoms with E-state index in [0.717, 1.165) is 12.8 Å². The van der Waals surface area contributed by atoms with Crippen LogP contribution in [0.4, 0.5) is 8.78 Å². The fourth-order valence-electron chi connectivity index (χ4n) is 3.39. The molecular weight excluding hydrogens is 298 g/mol. The molecule has 4 fully saturated rings. The molecule has 0 spiro atoms. The molecule has 9 heteroatoms. The molecule has 0 aromatic heterocycles. The van der Waals surface area contributed by atoms with Crippen molar-refractivity contribution in [2.24, 2.45) is 17.8 Å². The maximum absolute atomic E-state index is 13.0. The molecule has 114 valence electrons. The van der Waals surface area contributed by atoms with Crippen molar-refractivity contribution in [2.75, 3.05) is 6.61 Å². The normalized spacial score (nSPS) is 39.2. The molecule has 1 heterocycles. The summed E-state index contributed by atoms with van der Waals surface area (Å²) in [6, 6.07) is 0. The van der Waals surface area contributed by atoms with Crippen molar-refractivity contribution in [3.05, 3.63) is 0 Å². The molecule has 5 atom stereocenters. The summed E-state index contributed by atoms with van der Waals surface area (Å²) in [6.07, 6.45) is 2.48. The lowest BCUT2D eigenvalue weighted by molar-refractivity contribution is -0.159. The van der Waals surface area contributed by atoms with Crippen LogP contribution >= 0.6 is 0 Å². The molecule has 4 aliphatic rings. The first kappa shape index (κ1) is 14.2. The number of epoxide rings is 1. The zero-order valence-corrected chi connectivity index (χ0v) is 11.2. The van der Waals surface area contributed by atoms with Crippen molar-refractivity contribution in [3.63, 3.8) is 0 Å². The van der Waals surface area contributed by atoms with E-state index in [0.29, 0.717) is 6.42 Å². The minimum Gasteiger partial charge on any atom is -0.458 e. The highest BCUT2D eigenvalue weighted by Gasteiger charge is 2.61. The number of rotatable bonds is 4. The minimum atomic E-state index is -5.58. The number of ether oxygens (including phenoxy) is 2. The Kier molecular flexibility index (Phi) is 3.07. The molecule has 3 aliphatic carbocycles. The summed E-state index contributed by atoms with van der Waals surface area (Å²) >= 11 is 0. The number of alkyl halides is 2. The van der Waals surface area contributed by atoms with E-state index in [2.05, 4.69) is 4.74 Å². The Balaban J connectivity index is 1.61. The Morgan fingerprint density at radius 2 is 2.05 bits per heavy atom. The summed E-state index contributed by atoms with van der Waals surface area (Å²) in [4.78, 5) is 11.8. The summed E-state index contributed by atoms with van der Waals surface area (Å²) in [5.41, 5.74) is 0. The Hall–Kier alpha value is -0.800. The molecule has 2 bridgehead atoms. The van der Waals surface area contributed by atoms with Gasteiger partial charge in [-0.2, -0.15) is 17.2 Å². The Morgan fingerprint density at radius 3 is 2.65 bits per heavy atom. The third kappa shape index (κ3) is 2.21. The number of hydrogen-bond acceptors (Lipinski definition) is 5. The van der Waals surface area contributed by atoms with Gasteiger partial charge in [-0.3, -0.25) is 9.35 Å². The third-order valence-corrected chi connectivity index (χ3v) is 5.33. The van der Waals surface area contributed by atoms with Gasteiger partial charge in [-0.15, -0.1) is 0 Å². The average molecular weight is 312 g/mol. The highest BCUT2D eigenvalue weighted by Crippen LogP contribution is 2.55. The summed E-state index contributed by atoms with van der Waals surface area (Å²) in [6.45, 7) is -1.66. The molecule has 20 heavy (non-hydrogen) atoms. The van der Waals surface area contributed by atoms with Crippen molar-refractivity contribution >= 4 is 16.1 Å². The molecular formula is C11H14F2O6S. The number of hydrogen-bond donors (Lipinski definition) is 1. The van der Waals surface area contributed by atoms with Gasteiger partial charge in [0.15, 0.2) is 6.61 Å². The van der Waals surface area contributed by atoms with Crippen molar-refractivity contribution in [3.8, 4) is 0 Å². The van der Waals surface area contributed by atoms with Gasteiger partial charge in [0.2, 0.25) is 0 Å². The predicted molar refractivity (Wildman–Crippen MR) is 60.4 cm³/mol. The number of carbonyl (C=O) groups is 1. The molecule has 3 saturated carbocycles. The maximum Gasteiger partial charge on any atom is 0.402 e. The van der Waals surface area contributed by atoms with E-state index in [1.165, 1.54) is 0 Å². The third-order valence-electron chi connectivity index (χ3n) is 4.45. The van der Waals surface area contributed by atoms with Crippen molar-refractivity contribution in [2.45, 2.75) is 36.7 Å². The zero-order valence-electron chi connectivity index (χ0n) is 10.4. The van der Waals surface area contributed by atoms with Gasteiger partial charge in [0.25, 0.3) is 0 Å². The quantitative estimate of drug-likeness (QED) is 0.469. The smallest absolute Gasteiger partial charge is 0.402 e. The van der Waals surface area contributed by atoms with Gasteiger partial charge in [0.1, 0.15) is 0 Å². The lowest BCUT2D eigenvalue weighted by atomic mass is 9.65. The molecule has 0 aromatic carbocycles. The first-order chi connectivity index (χ1) is 9.21. The summed E-state index contributed by atoms with van der Waals surface area (Å²) < 4.78 is 65.0. The van der Waals surface area contributed by atoms with Crippen LogP contribution < -0.4 is 0 Å². The summed E-state index contributed by atoms with van der Waals surface area (Å²) in [7, 11) is -5.58. The van der Waals surface area contributed by atoms with Crippen molar-refractivity contribution in [1.29, 1.82) is 0 Å². The van der Waals surface area contributed by atoms with E-state index in [4.69, 9.17) is 9.29 Å². The predicted octanol–water partition coefficient (Wildman–Crippen LogP) is 0.824. The first-order valence-corrected chi connectivity index (χ1v) is 7.81. The van der Waals surface area contributed by atoms with Crippen molar-refractivity contribution in [1.82, 2.24) is 0 Å². The lowest BCUT2D eigenvalue weighted by Gasteiger charge is -2.37. The van der Waals surface area contributed by atoms with E-state index >= 15 is 0 Å². The van der Waals surface area contributed by atoms with Crippen LogP contribution in [0.2, 0.25) is 0 Å². The van der Waals surface area contributed by atoms with E-state index in [9.17, 15) is 22.0 Å². The van der Waals surface area contributed by atoms with Crippen LogP contribution in [0.15, 0.2) is 0 Å². The largest absolute Gasteiger partial charge is 0.458 e. The molecule has 0 aromatic rings. The molecule has 0 amide bonds. The molecule has 6 nitrogen and oxygen atoms in total. The Labute approximate surface area is 114 Å². The number of fused-ring (bicyclic) bond motifs is 2. The van der Waals surface area contributed by atoms with Gasteiger partial charge in [-0.05, 0) is 25.2 Å². The molecule has 0 radical (unpaired) electrons. The topological polar surface area (TPSA) is 93.2 Å². The van der Waals surface area contributed by atoms with Crippen LogP contribution in [0.1, 0.15) is 19.3 Å². The molecule has 1 N–H and O–H groups in total. The fraction of sp³-hybridized carbons (Fsp3) is 0.909. The monoisotopic (exact) mass is 312 g/mol. The van der Waals surface area contributed by atoms with Gasteiger partial charge < -0.3 is 9.47 Å². The fourth-order valence-corrected chi connectivity index (χ4v) is 3.59. The second kappa shape index (κ2) is 4.35. The Morgan fingerprint density at radius 1 is 1.35 bits per heavy atom. The minimum absolute atomic E-state index is 0.0159. The summed E-state index contributed by atoms with van der Waals surface area (Å²) in [5, 5.41) is -4.48. The van der Waals surface area contributed by atoms with Crippen molar-refractivity contribution < 1.29 is 36.0 Å². The van der Waals surface area contributed by atoms with Gasteiger partial charge in [-0.1, -0.05) is 0 Å². The number of carbonyl (C=O) groups excluding carboxylic acids is 1. The van der Waals surface area contributed by atoms with E-state index in [1.807, 2.05) is 0 Å². The van der Waals surface area contributed by atoms with Crippen LogP contribution in [0.5, 0.6) is 0 Å². The zero-order chi connectivity index (χ0) is 14.7. The molecule has 1 aliphatic heterocycles. The highest BCUT2D eigenvalue weighted by atomic mass is 32.2. The highest BCUT2D eigenvalue weighted by molar-refractivity contribution is 7.86. The molecule has 1 saturated heterocycles. The van der Waals surface area contributed by atoms with Crippen LogP contribution in [0.25, 0.3) is 0 Å². The van der Waals surface area contributed by atoms with E-state index in [1.54, 1.807) is 0 Å². The number of halogens is 2.